The molecule has 0 heterocycles. The van der Waals surface area contributed by atoms with E-state index in [0.717, 1.165) is 11.1 Å². The number of carbonyl (C=O) groups excluding carboxylic acids is 1. The molecule has 0 fully saturated rings. The monoisotopic (exact) mass is 264 g/mol. The van der Waals surface area contributed by atoms with Crippen molar-refractivity contribution in [1.82, 2.24) is 0 Å². The Labute approximate surface area is 119 Å². The smallest absolute Gasteiger partial charge is 0.307 e. The molecule has 100 valence electrons. The molecule has 0 aliphatic rings. The maximum atomic E-state index is 11.5. The molecule has 20 heavy (non-hydrogen) atoms. The summed E-state index contributed by atoms with van der Waals surface area (Å²) in [7, 11) is 0. The van der Waals surface area contributed by atoms with Crippen molar-refractivity contribution in [3.8, 4) is 11.8 Å². The van der Waals surface area contributed by atoms with Gasteiger partial charge in [0.15, 0.2) is 6.61 Å². The van der Waals surface area contributed by atoms with Gasteiger partial charge in [-0.25, -0.2) is 0 Å². The van der Waals surface area contributed by atoms with Crippen molar-refractivity contribution >= 4 is 5.97 Å². The van der Waals surface area contributed by atoms with E-state index in [-0.39, 0.29) is 12.6 Å². The SMILES string of the molecule is O=C(CCc1ccccc1)OCC#Cc1ccccc1. The van der Waals surface area contributed by atoms with Crippen LogP contribution in [0.15, 0.2) is 60.7 Å². The van der Waals surface area contributed by atoms with E-state index in [9.17, 15) is 4.79 Å². The van der Waals surface area contributed by atoms with Crippen LogP contribution in [0, 0.1) is 11.8 Å². The lowest BCUT2D eigenvalue weighted by atomic mass is 10.1. The molecule has 0 atom stereocenters. The Morgan fingerprint density at radius 1 is 0.950 bits per heavy atom. The van der Waals surface area contributed by atoms with Crippen LogP contribution >= 0.6 is 0 Å². The summed E-state index contributed by atoms with van der Waals surface area (Å²) in [6.07, 6.45) is 1.09. The predicted octanol–water partition coefficient (Wildman–Crippen LogP) is 3.21. The lowest BCUT2D eigenvalue weighted by Crippen LogP contribution is -2.05. The van der Waals surface area contributed by atoms with Crippen LogP contribution in [0.4, 0.5) is 0 Å². The second kappa shape index (κ2) is 7.81. The number of rotatable bonds is 4. The van der Waals surface area contributed by atoms with Gasteiger partial charge in [0.25, 0.3) is 0 Å². The molecule has 0 aliphatic heterocycles. The first kappa shape index (κ1) is 13.9. The third-order valence-electron chi connectivity index (χ3n) is 2.77. The van der Waals surface area contributed by atoms with Gasteiger partial charge in [-0.2, -0.15) is 0 Å². The van der Waals surface area contributed by atoms with Gasteiger partial charge in [0.2, 0.25) is 0 Å². The maximum absolute atomic E-state index is 11.5. The second-order valence-electron chi connectivity index (χ2n) is 4.31. The summed E-state index contributed by atoms with van der Waals surface area (Å²) in [5.41, 5.74) is 2.06. The standard InChI is InChI=1S/C18H16O2/c19-18(14-13-17-10-5-2-6-11-17)20-15-7-12-16-8-3-1-4-9-16/h1-6,8-11H,13-15H2. The highest BCUT2D eigenvalue weighted by Gasteiger charge is 2.02. The molecule has 0 spiro atoms. The Morgan fingerprint density at radius 3 is 2.30 bits per heavy atom. The van der Waals surface area contributed by atoms with Crippen molar-refractivity contribution in [2.45, 2.75) is 12.8 Å². The Balaban J connectivity index is 1.70. The number of benzene rings is 2. The van der Waals surface area contributed by atoms with E-state index in [1.807, 2.05) is 60.7 Å². The third-order valence-corrected chi connectivity index (χ3v) is 2.77. The predicted molar refractivity (Wildman–Crippen MR) is 79.0 cm³/mol. The van der Waals surface area contributed by atoms with Crippen LogP contribution in [-0.2, 0) is 16.0 Å². The third kappa shape index (κ3) is 4.99. The fourth-order valence-corrected chi connectivity index (χ4v) is 1.74. The first-order valence-corrected chi connectivity index (χ1v) is 6.58. The molecule has 0 unspecified atom stereocenters. The molecule has 0 radical (unpaired) electrons. The Kier molecular flexibility index (Phi) is 5.42. The largest absolute Gasteiger partial charge is 0.452 e. The molecule has 0 aromatic heterocycles. The summed E-state index contributed by atoms with van der Waals surface area (Å²) in [5, 5.41) is 0. The maximum Gasteiger partial charge on any atom is 0.307 e. The molecular formula is C18H16O2. The summed E-state index contributed by atoms with van der Waals surface area (Å²) in [4.78, 5) is 11.5. The highest BCUT2D eigenvalue weighted by atomic mass is 16.5. The van der Waals surface area contributed by atoms with Crippen LogP contribution in [0.5, 0.6) is 0 Å². The molecule has 2 nitrogen and oxygen atoms in total. The van der Waals surface area contributed by atoms with Gasteiger partial charge in [0, 0.05) is 12.0 Å². The van der Waals surface area contributed by atoms with Gasteiger partial charge in [-0.05, 0) is 24.1 Å². The molecule has 2 aromatic rings. The molecular weight excluding hydrogens is 248 g/mol. The van der Waals surface area contributed by atoms with E-state index < -0.39 is 0 Å². The van der Waals surface area contributed by atoms with Crippen molar-refractivity contribution in [2.75, 3.05) is 6.61 Å². The fourth-order valence-electron chi connectivity index (χ4n) is 1.74. The van der Waals surface area contributed by atoms with Crippen LogP contribution in [0.2, 0.25) is 0 Å². The quantitative estimate of drug-likeness (QED) is 0.626. The lowest BCUT2D eigenvalue weighted by Gasteiger charge is -2.01. The zero-order valence-corrected chi connectivity index (χ0v) is 11.2. The number of esters is 1. The molecule has 0 saturated carbocycles. The van der Waals surface area contributed by atoms with Gasteiger partial charge in [0.05, 0.1) is 0 Å². The number of carbonyl (C=O) groups is 1. The molecule has 2 aromatic carbocycles. The van der Waals surface area contributed by atoms with E-state index in [2.05, 4.69) is 11.8 Å². The topological polar surface area (TPSA) is 26.3 Å². The van der Waals surface area contributed by atoms with Crippen molar-refractivity contribution in [3.63, 3.8) is 0 Å². The van der Waals surface area contributed by atoms with Crippen LogP contribution in [0.3, 0.4) is 0 Å². The lowest BCUT2D eigenvalue weighted by molar-refractivity contribution is -0.142. The first-order chi connectivity index (χ1) is 9.84. The number of hydrogen-bond acceptors (Lipinski definition) is 2. The summed E-state index contributed by atoms with van der Waals surface area (Å²) in [5.74, 6) is 5.57. The molecule has 2 heteroatoms. The number of ether oxygens (including phenoxy) is 1. The van der Waals surface area contributed by atoms with E-state index in [1.54, 1.807) is 0 Å². The Morgan fingerprint density at radius 2 is 1.60 bits per heavy atom. The van der Waals surface area contributed by atoms with Crippen LogP contribution in [-0.4, -0.2) is 12.6 Å². The van der Waals surface area contributed by atoms with Gasteiger partial charge in [0.1, 0.15) is 0 Å². The summed E-state index contributed by atoms with van der Waals surface area (Å²) in [6.45, 7) is 0.141. The van der Waals surface area contributed by atoms with Gasteiger partial charge in [-0.15, -0.1) is 0 Å². The summed E-state index contributed by atoms with van der Waals surface area (Å²) >= 11 is 0. The molecule has 0 bridgehead atoms. The molecule has 0 aliphatic carbocycles. The minimum atomic E-state index is -0.212. The highest BCUT2D eigenvalue weighted by molar-refractivity contribution is 5.69. The van der Waals surface area contributed by atoms with Gasteiger partial charge >= 0.3 is 5.97 Å². The minimum Gasteiger partial charge on any atom is -0.452 e. The van der Waals surface area contributed by atoms with Crippen LogP contribution < -0.4 is 0 Å². The zero-order valence-electron chi connectivity index (χ0n) is 11.2. The fraction of sp³-hybridized carbons (Fsp3) is 0.167. The normalized spacial score (nSPS) is 9.40. The van der Waals surface area contributed by atoms with Crippen molar-refractivity contribution < 1.29 is 9.53 Å². The Bertz CT molecular complexity index is 592. The number of hydrogen-bond donors (Lipinski definition) is 0. The average Bonchev–Trinajstić information content (AvgIpc) is 2.52. The van der Waals surface area contributed by atoms with Crippen molar-refractivity contribution in [2.24, 2.45) is 0 Å². The average molecular weight is 264 g/mol. The molecule has 2 rings (SSSR count). The number of aryl methyl sites for hydroxylation is 1. The Hall–Kier alpha value is -2.53. The van der Waals surface area contributed by atoms with Crippen LogP contribution in [0.1, 0.15) is 17.5 Å². The first-order valence-electron chi connectivity index (χ1n) is 6.58. The van der Waals surface area contributed by atoms with Gasteiger partial charge < -0.3 is 4.74 Å². The highest BCUT2D eigenvalue weighted by Crippen LogP contribution is 2.03. The van der Waals surface area contributed by atoms with Gasteiger partial charge in [-0.3, -0.25) is 4.79 Å². The van der Waals surface area contributed by atoms with Crippen LogP contribution in [0.25, 0.3) is 0 Å². The van der Waals surface area contributed by atoms with Crippen molar-refractivity contribution in [3.05, 3.63) is 71.8 Å². The van der Waals surface area contributed by atoms with E-state index >= 15 is 0 Å². The van der Waals surface area contributed by atoms with Gasteiger partial charge in [-0.1, -0.05) is 60.4 Å². The van der Waals surface area contributed by atoms with E-state index in [1.165, 1.54) is 0 Å². The van der Waals surface area contributed by atoms with Crippen molar-refractivity contribution in [1.29, 1.82) is 0 Å². The molecule has 0 saturated heterocycles. The van der Waals surface area contributed by atoms with E-state index in [4.69, 9.17) is 4.74 Å². The minimum absolute atomic E-state index is 0.141. The summed E-state index contributed by atoms with van der Waals surface area (Å²) in [6, 6.07) is 19.5. The zero-order chi connectivity index (χ0) is 14.0. The molecule has 0 amide bonds. The second-order valence-corrected chi connectivity index (χ2v) is 4.31. The molecule has 0 N–H and O–H groups in total. The van der Waals surface area contributed by atoms with E-state index in [0.29, 0.717) is 12.8 Å². The summed E-state index contributed by atoms with van der Waals surface area (Å²) < 4.78 is 5.07.